The highest BCUT2D eigenvalue weighted by molar-refractivity contribution is 6.01. The van der Waals surface area contributed by atoms with Crippen LogP contribution in [0.1, 0.15) is 44.9 Å². The van der Waals surface area contributed by atoms with Crippen molar-refractivity contribution in [3.63, 3.8) is 0 Å². The van der Waals surface area contributed by atoms with Crippen LogP contribution >= 0.6 is 0 Å². The van der Waals surface area contributed by atoms with Crippen LogP contribution < -0.4 is 5.32 Å². The smallest absolute Gasteiger partial charge is 0.317 e. The van der Waals surface area contributed by atoms with Crippen molar-refractivity contribution in [1.82, 2.24) is 20.0 Å². The summed E-state index contributed by atoms with van der Waals surface area (Å²) in [6, 6.07) is -0.159. The van der Waals surface area contributed by atoms with Gasteiger partial charge in [-0.05, 0) is 31.6 Å². The number of rotatable bonds is 5. The molecule has 3 heterocycles. The third-order valence-electron chi connectivity index (χ3n) is 5.59. The zero-order valence-electron chi connectivity index (χ0n) is 15.2. The first-order valence-corrected chi connectivity index (χ1v) is 9.68. The van der Waals surface area contributed by atoms with Crippen molar-refractivity contribution in [3.8, 4) is 0 Å². The molecule has 0 spiro atoms. The lowest BCUT2D eigenvalue weighted by molar-refractivity contribution is -0.138. The van der Waals surface area contributed by atoms with Crippen LogP contribution in [0.5, 0.6) is 0 Å². The van der Waals surface area contributed by atoms with Gasteiger partial charge in [0.05, 0.1) is 0 Å². The van der Waals surface area contributed by atoms with E-state index in [9.17, 15) is 19.2 Å². The predicted octanol–water partition coefficient (Wildman–Crippen LogP) is 0.570. The molecule has 3 saturated heterocycles. The standard InChI is InChI=1S/C18H28N4O4/c23-15-3-4-16(24)22(15)12-7-19-18(26)21-10-5-14(6-11-21)13-17(25)20-8-1-2-9-20/h14H,1-13H2,(H,19,26). The first-order chi connectivity index (χ1) is 12.5. The minimum atomic E-state index is -0.160. The van der Waals surface area contributed by atoms with E-state index in [1.54, 1.807) is 4.90 Å². The van der Waals surface area contributed by atoms with Crippen LogP contribution in [0.25, 0.3) is 0 Å². The predicted molar refractivity (Wildman–Crippen MR) is 94.1 cm³/mol. The van der Waals surface area contributed by atoms with Crippen LogP contribution in [0.15, 0.2) is 0 Å². The lowest BCUT2D eigenvalue weighted by Gasteiger charge is -2.32. The highest BCUT2D eigenvalue weighted by atomic mass is 16.2. The molecule has 8 heteroatoms. The summed E-state index contributed by atoms with van der Waals surface area (Å²) in [6.07, 6.45) is 5.05. The van der Waals surface area contributed by atoms with Crippen LogP contribution in [0.4, 0.5) is 4.79 Å². The van der Waals surface area contributed by atoms with E-state index in [2.05, 4.69) is 5.32 Å². The number of carbonyl (C=O) groups excluding carboxylic acids is 4. The second-order valence-electron chi connectivity index (χ2n) is 7.39. The summed E-state index contributed by atoms with van der Waals surface area (Å²) in [5.74, 6) is 0.290. The van der Waals surface area contributed by atoms with Gasteiger partial charge in [0, 0.05) is 58.5 Å². The van der Waals surface area contributed by atoms with Gasteiger partial charge in [-0.15, -0.1) is 0 Å². The van der Waals surface area contributed by atoms with Crippen LogP contribution in [-0.2, 0) is 14.4 Å². The molecule has 3 aliphatic heterocycles. The van der Waals surface area contributed by atoms with Crippen LogP contribution in [-0.4, -0.2) is 77.7 Å². The number of imide groups is 1. The van der Waals surface area contributed by atoms with Crippen molar-refractivity contribution in [1.29, 1.82) is 0 Å². The third-order valence-corrected chi connectivity index (χ3v) is 5.59. The van der Waals surface area contributed by atoms with Crippen molar-refractivity contribution in [3.05, 3.63) is 0 Å². The number of likely N-dealkylation sites (tertiary alicyclic amines) is 3. The lowest BCUT2D eigenvalue weighted by atomic mass is 9.93. The highest BCUT2D eigenvalue weighted by Crippen LogP contribution is 2.22. The summed E-state index contributed by atoms with van der Waals surface area (Å²) < 4.78 is 0. The molecular weight excluding hydrogens is 336 g/mol. The molecule has 3 aliphatic rings. The van der Waals surface area contributed by atoms with Crippen LogP contribution in [0.2, 0.25) is 0 Å². The normalized spacial score (nSPS) is 21.6. The van der Waals surface area contributed by atoms with E-state index in [1.165, 1.54) is 4.90 Å². The first-order valence-electron chi connectivity index (χ1n) is 9.68. The number of hydrogen-bond donors (Lipinski definition) is 1. The van der Waals surface area contributed by atoms with Gasteiger partial charge in [0.15, 0.2) is 0 Å². The summed E-state index contributed by atoms with van der Waals surface area (Å²) in [4.78, 5) is 52.4. The third kappa shape index (κ3) is 4.53. The zero-order valence-corrected chi connectivity index (χ0v) is 15.2. The van der Waals surface area contributed by atoms with Gasteiger partial charge in [0.1, 0.15) is 0 Å². The highest BCUT2D eigenvalue weighted by Gasteiger charge is 2.29. The molecule has 0 radical (unpaired) electrons. The van der Waals surface area contributed by atoms with Gasteiger partial charge in [-0.2, -0.15) is 0 Å². The van der Waals surface area contributed by atoms with Crippen LogP contribution in [0.3, 0.4) is 0 Å². The molecule has 0 aliphatic carbocycles. The Balaban J connectivity index is 1.33. The van der Waals surface area contributed by atoms with E-state index in [0.29, 0.717) is 25.4 Å². The van der Waals surface area contributed by atoms with Crippen molar-refractivity contribution in [2.24, 2.45) is 5.92 Å². The van der Waals surface area contributed by atoms with Gasteiger partial charge in [0.2, 0.25) is 17.7 Å². The molecule has 26 heavy (non-hydrogen) atoms. The molecule has 0 bridgehead atoms. The van der Waals surface area contributed by atoms with E-state index >= 15 is 0 Å². The molecule has 1 N–H and O–H groups in total. The fourth-order valence-electron chi connectivity index (χ4n) is 3.94. The minimum Gasteiger partial charge on any atom is -0.343 e. The molecule has 3 rings (SSSR count). The first kappa shape index (κ1) is 18.7. The average molecular weight is 364 g/mol. The minimum absolute atomic E-state index is 0.159. The Kier molecular flexibility index (Phi) is 6.11. The van der Waals surface area contributed by atoms with Gasteiger partial charge in [-0.3, -0.25) is 19.3 Å². The Morgan fingerprint density at radius 1 is 0.923 bits per heavy atom. The Bertz CT molecular complexity index is 550. The Morgan fingerprint density at radius 2 is 1.54 bits per heavy atom. The number of piperidine rings is 1. The molecule has 5 amide bonds. The number of nitrogens with one attached hydrogen (secondary N) is 1. The van der Waals surface area contributed by atoms with Crippen molar-refractivity contribution < 1.29 is 19.2 Å². The number of amides is 5. The molecule has 8 nitrogen and oxygen atoms in total. The van der Waals surface area contributed by atoms with E-state index < -0.39 is 0 Å². The van der Waals surface area contributed by atoms with Crippen molar-refractivity contribution in [2.75, 3.05) is 39.3 Å². The molecule has 0 aromatic rings. The molecule has 0 atom stereocenters. The number of nitrogens with zero attached hydrogens (tertiary/aromatic N) is 3. The average Bonchev–Trinajstić information content (AvgIpc) is 3.28. The van der Waals surface area contributed by atoms with Crippen LogP contribution in [0, 0.1) is 5.92 Å². The zero-order chi connectivity index (χ0) is 18.5. The van der Waals surface area contributed by atoms with Crippen molar-refractivity contribution >= 4 is 23.8 Å². The molecule has 0 aromatic heterocycles. The van der Waals surface area contributed by atoms with Gasteiger partial charge in [-0.25, -0.2) is 4.79 Å². The summed E-state index contributed by atoms with van der Waals surface area (Å²) in [5.41, 5.74) is 0. The monoisotopic (exact) mass is 364 g/mol. The molecule has 0 aromatic carbocycles. The second-order valence-corrected chi connectivity index (χ2v) is 7.39. The molecular formula is C18H28N4O4. The maximum Gasteiger partial charge on any atom is 0.317 e. The molecule has 144 valence electrons. The summed E-state index contributed by atoms with van der Waals surface area (Å²) in [7, 11) is 0. The van der Waals surface area contributed by atoms with Gasteiger partial charge in [-0.1, -0.05) is 0 Å². The van der Waals surface area contributed by atoms with E-state index in [-0.39, 0.29) is 49.7 Å². The number of carbonyl (C=O) groups is 4. The fraction of sp³-hybridized carbons (Fsp3) is 0.778. The number of urea groups is 1. The Hall–Kier alpha value is -2.12. The Morgan fingerprint density at radius 3 is 2.15 bits per heavy atom. The largest absolute Gasteiger partial charge is 0.343 e. The molecule has 0 unspecified atom stereocenters. The maximum atomic E-state index is 12.2. The van der Waals surface area contributed by atoms with Gasteiger partial charge in [0.25, 0.3) is 0 Å². The molecule has 0 saturated carbocycles. The Labute approximate surface area is 153 Å². The fourth-order valence-corrected chi connectivity index (χ4v) is 3.94. The lowest BCUT2D eigenvalue weighted by Crippen LogP contribution is -2.47. The van der Waals surface area contributed by atoms with E-state index in [4.69, 9.17) is 0 Å². The summed E-state index contributed by atoms with van der Waals surface area (Å²) in [5, 5.41) is 2.79. The van der Waals surface area contributed by atoms with E-state index in [1.807, 2.05) is 4.90 Å². The van der Waals surface area contributed by atoms with E-state index in [0.717, 1.165) is 38.8 Å². The summed E-state index contributed by atoms with van der Waals surface area (Å²) >= 11 is 0. The van der Waals surface area contributed by atoms with Gasteiger partial charge < -0.3 is 15.1 Å². The van der Waals surface area contributed by atoms with Gasteiger partial charge >= 0.3 is 6.03 Å². The SMILES string of the molecule is O=C(CC1CCN(C(=O)NCCN2C(=O)CCC2=O)CC1)N1CCCC1. The van der Waals surface area contributed by atoms with Crippen molar-refractivity contribution in [2.45, 2.75) is 44.9 Å². The quantitative estimate of drug-likeness (QED) is 0.722. The summed E-state index contributed by atoms with van der Waals surface area (Å²) in [6.45, 7) is 3.59. The molecule has 3 fully saturated rings. The maximum absolute atomic E-state index is 12.2. The number of hydrogen-bond acceptors (Lipinski definition) is 4. The topological polar surface area (TPSA) is 90.0 Å². The second kappa shape index (κ2) is 8.51.